The number of benzene rings is 1. The number of carboxylic acid groups (broad SMARTS) is 1. The number of hydrogen-bond donors (Lipinski definition) is 1. The second kappa shape index (κ2) is 8.58. The molecule has 26 heavy (non-hydrogen) atoms. The van der Waals surface area contributed by atoms with Gasteiger partial charge in [0.15, 0.2) is 0 Å². The van der Waals surface area contributed by atoms with Gasteiger partial charge in [0.25, 0.3) is 0 Å². The molecule has 0 unspecified atom stereocenters. The molecule has 0 saturated carbocycles. The topological polar surface area (TPSA) is 55.8 Å². The highest BCUT2D eigenvalue weighted by molar-refractivity contribution is 5.67. The fourth-order valence-corrected chi connectivity index (χ4v) is 3.02. The van der Waals surface area contributed by atoms with Crippen LogP contribution in [0.5, 0.6) is 5.75 Å². The predicted octanol–water partition coefficient (Wildman–Crippen LogP) is 4.47. The van der Waals surface area contributed by atoms with Gasteiger partial charge in [0, 0.05) is 6.42 Å². The zero-order chi connectivity index (χ0) is 19.3. The highest BCUT2D eigenvalue weighted by Gasteiger charge is 2.33. The Morgan fingerprint density at radius 1 is 1.35 bits per heavy atom. The van der Waals surface area contributed by atoms with Crippen LogP contribution in [0.3, 0.4) is 0 Å². The number of aliphatic carboxylic acids is 1. The van der Waals surface area contributed by atoms with Crippen molar-refractivity contribution in [1.82, 2.24) is 0 Å². The smallest absolute Gasteiger partial charge is 0.416 e. The van der Waals surface area contributed by atoms with Gasteiger partial charge in [0.2, 0.25) is 0 Å². The number of carboxylic acids is 1. The number of carbonyl (C=O) groups is 1. The Balaban J connectivity index is 2.18. The first-order chi connectivity index (χ1) is 12.2. The number of ether oxygens (including phenoxy) is 2. The lowest BCUT2D eigenvalue weighted by atomic mass is 9.94. The third-order valence-corrected chi connectivity index (χ3v) is 4.35. The molecule has 4 nitrogen and oxygen atoms in total. The van der Waals surface area contributed by atoms with Gasteiger partial charge in [-0.05, 0) is 42.0 Å². The lowest BCUT2D eigenvalue weighted by Gasteiger charge is -2.24. The van der Waals surface area contributed by atoms with Crippen molar-refractivity contribution >= 4 is 5.97 Å². The van der Waals surface area contributed by atoms with Crippen LogP contribution < -0.4 is 4.74 Å². The first-order valence-corrected chi connectivity index (χ1v) is 8.51. The lowest BCUT2D eigenvalue weighted by Crippen LogP contribution is -2.19. The molecule has 0 saturated heterocycles. The van der Waals surface area contributed by atoms with Crippen LogP contribution in [-0.4, -0.2) is 30.9 Å². The summed E-state index contributed by atoms with van der Waals surface area (Å²) in [5.41, 5.74) is 1.30. The average Bonchev–Trinajstić information content (AvgIpc) is 2.57. The summed E-state index contributed by atoms with van der Waals surface area (Å²) in [5.74, 6) is -0.692. The molecule has 1 N–H and O–H groups in total. The van der Waals surface area contributed by atoms with Gasteiger partial charge in [0.05, 0.1) is 18.8 Å². The number of halogens is 3. The molecule has 1 aromatic carbocycles. The summed E-state index contributed by atoms with van der Waals surface area (Å²) in [6.07, 6.45) is -4.30. The summed E-state index contributed by atoms with van der Waals surface area (Å²) in [6, 6.07) is 3.68. The highest BCUT2D eigenvalue weighted by atomic mass is 19.4. The SMILES string of the molecule is CC(C)C1=C(COc2ccc(CCC(=O)O)c(C(F)(F)F)c2)COCC1. The quantitative estimate of drug-likeness (QED) is 0.718. The zero-order valence-corrected chi connectivity index (χ0v) is 14.9. The molecule has 2 rings (SSSR count). The Morgan fingerprint density at radius 2 is 2.08 bits per heavy atom. The molecule has 1 heterocycles. The summed E-state index contributed by atoms with van der Waals surface area (Å²) in [5, 5.41) is 8.70. The average molecular weight is 372 g/mol. The predicted molar refractivity (Wildman–Crippen MR) is 90.2 cm³/mol. The van der Waals surface area contributed by atoms with E-state index >= 15 is 0 Å². The van der Waals surface area contributed by atoms with Gasteiger partial charge in [-0.15, -0.1) is 0 Å². The fourth-order valence-electron chi connectivity index (χ4n) is 3.02. The molecule has 0 bridgehead atoms. The van der Waals surface area contributed by atoms with Gasteiger partial charge in [-0.25, -0.2) is 0 Å². The monoisotopic (exact) mass is 372 g/mol. The summed E-state index contributed by atoms with van der Waals surface area (Å²) >= 11 is 0. The fraction of sp³-hybridized carbons (Fsp3) is 0.526. The van der Waals surface area contributed by atoms with Gasteiger partial charge in [-0.1, -0.05) is 25.5 Å². The van der Waals surface area contributed by atoms with Gasteiger partial charge in [-0.3, -0.25) is 4.79 Å². The summed E-state index contributed by atoms with van der Waals surface area (Å²) in [7, 11) is 0. The summed E-state index contributed by atoms with van der Waals surface area (Å²) < 4.78 is 50.9. The number of rotatable bonds is 7. The summed E-state index contributed by atoms with van der Waals surface area (Å²) in [6.45, 7) is 5.39. The van der Waals surface area contributed by atoms with Crippen LogP contribution in [0.25, 0.3) is 0 Å². The minimum atomic E-state index is -4.57. The number of hydrogen-bond acceptors (Lipinski definition) is 3. The highest BCUT2D eigenvalue weighted by Crippen LogP contribution is 2.35. The van der Waals surface area contributed by atoms with E-state index in [-0.39, 0.29) is 30.8 Å². The zero-order valence-electron chi connectivity index (χ0n) is 14.9. The van der Waals surface area contributed by atoms with Crippen molar-refractivity contribution < 1.29 is 32.5 Å². The van der Waals surface area contributed by atoms with Gasteiger partial charge >= 0.3 is 12.1 Å². The van der Waals surface area contributed by atoms with Crippen LogP contribution >= 0.6 is 0 Å². The first kappa shape index (κ1) is 20.3. The van der Waals surface area contributed by atoms with E-state index in [1.165, 1.54) is 17.7 Å². The van der Waals surface area contributed by atoms with Crippen molar-refractivity contribution in [3.8, 4) is 5.75 Å². The Morgan fingerprint density at radius 3 is 2.69 bits per heavy atom. The number of aryl methyl sites for hydroxylation is 1. The Kier molecular flexibility index (Phi) is 6.69. The molecule has 0 atom stereocenters. The van der Waals surface area contributed by atoms with Gasteiger partial charge < -0.3 is 14.6 Å². The van der Waals surface area contributed by atoms with E-state index in [2.05, 4.69) is 13.8 Å². The minimum Gasteiger partial charge on any atom is -0.489 e. The normalized spacial score (nSPS) is 15.5. The Hall–Kier alpha value is -2.02. The van der Waals surface area contributed by atoms with Crippen LogP contribution in [0.15, 0.2) is 29.3 Å². The molecule has 0 fully saturated rings. The van der Waals surface area contributed by atoms with E-state index < -0.39 is 17.7 Å². The van der Waals surface area contributed by atoms with Crippen molar-refractivity contribution in [2.24, 2.45) is 5.92 Å². The van der Waals surface area contributed by atoms with Crippen LogP contribution in [0.1, 0.15) is 37.8 Å². The minimum absolute atomic E-state index is 0.0460. The van der Waals surface area contributed by atoms with Crippen molar-refractivity contribution in [3.05, 3.63) is 40.5 Å². The van der Waals surface area contributed by atoms with Gasteiger partial charge in [-0.2, -0.15) is 13.2 Å². The molecular weight excluding hydrogens is 349 g/mol. The molecule has 1 aromatic rings. The van der Waals surface area contributed by atoms with Crippen LogP contribution in [0.4, 0.5) is 13.2 Å². The van der Waals surface area contributed by atoms with Crippen LogP contribution in [0, 0.1) is 5.92 Å². The molecule has 0 aromatic heterocycles. The molecule has 0 radical (unpaired) electrons. The molecule has 0 spiro atoms. The largest absolute Gasteiger partial charge is 0.489 e. The van der Waals surface area contributed by atoms with Gasteiger partial charge in [0.1, 0.15) is 12.4 Å². The molecule has 1 aliphatic rings. The third-order valence-electron chi connectivity index (χ3n) is 4.35. The first-order valence-electron chi connectivity index (χ1n) is 8.51. The molecule has 7 heteroatoms. The van der Waals surface area contributed by atoms with E-state index in [0.29, 0.717) is 19.1 Å². The lowest BCUT2D eigenvalue weighted by molar-refractivity contribution is -0.140. The Bertz CT molecular complexity index is 678. The van der Waals surface area contributed by atoms with Crippen LogP contribution in [-0.2, 0) is 22.1 Å². The maximum atomic E-state index is 13.3. The standard InChI is InChI=1S/C19H23F3O4/c1-12(2)16-7-8-25-10-14(16)11-26-15-5-3-13(4-6-18(23)24)17(9-15)19(20,21)22/h3,5,9,12H,4,6-8,10-11H2,1-2H3,(H,23,24). The second-order valence-electron chi connectivity index (χ2n) is 6.59. The third kappa shape index (κ3) is 5.49. The molecular formula is C19H23F3O4. The Labute approximate surface area is 150 Å². The maximum absolute atomic E-state index is 13.3. The van der Waals surface area contributed by atoms with Crippen molar-refractivity contribution in [3.63, 3.8) is 0 Å². The van der Waals surface area contributed by atoms with Crippen molar-refractivity contribution in [2.45, 2.75) is 39.3 Å². The molecule has 0 aliphatic carbocycles. The molecule has 144 valence electrons. The molecule has 0 amide bonds. The summed E-state index contributed by atoms with van der Waals surface area (Å²) in [4.78, 5) is 10.6. The van der Waals surface area contributed by atoms with Crippen molar-refractivity contribution in [2.75, 3.05) is 19.8 Å². The maximum Gasteiger partial charge on any atom is 0.416 e. The van der Waals surface area contributed by atoms with Crippen LogP contribution in [0.2, 0.25) is 0 Å². The van der Waals surface area contributed by atoms with E-state index in [1.54, 1.807) is 0 Å². The van der Waals surface area contributed by atoms with E-state index in [9.17, 15) is 18.0 Å². The number of alkyl halides is 3. The second-order valence-corrected chi connectivity index (χ2v) is 6.59. The van der Waals surface area contributed by atoms with E-state index in [0.717, 1.165) is 18.1 Å². The van der Waals surface area contributed by atoms with Crippen molar-refractivity contribution in [1.29, 1.82) is 0 Å². The van der Waals surface area contributed by atoms with E-state index in [1.807, 2.05) is 0 Å². The molecule has 1 aliphatic heterocycles. The van der Waals surface area contributed by atoms with E-state index in [4.69, 9.17) is 14.6 Å².